The SMILES string of the molecule is OC(Cc1cccc2ccccc12)C(F)(F)F. The molecule has 2 rings (SSSR count). The Hall–Kier alpha value is -1.55. The van der Waals surface area contributed by atoms with Gasteiger partial charge in [0.25, 0.3) is 0 Å². The van der Waals surface area contributed by atoms with Gasteiger partial charge in [-0.25, -0.2) is 0 Å². The van der Waals surface area contributed by atoms with Gasteiger partial charge in [0.15, 0.2) is 6.10 Å². The Morgan fingerprint density at radius 3 is 2.35 bits per heavy atom. The van der Waals surface area contributed by atoms with Crippen LogP contribution in [0.3, 0.4) is 0 Å². The van der Waals surface area contributed by atoms with E-state index in [0.29, 0.717) is 5.56 Å². The van der Waals surface area contributed by atoms with Crippen molar-refractivity contribution in [1.29, 1.82) is 0 Å². The topological polar surface area (TPSA) is 20.2 Å². The number of hydrogen-bond acceptors (Lipinski definition) is 1. The van der Waals surface area contributed by atoms with Crippen LogP contribution in [0, 0.1) is 0 Å². The van der Waals surface area contributed by atoms with Crippen molar-refractivity contribution in [2.45, 2.75) is 18.7 Å². The molecule has 1 unspecified atom stereocenters. The molecule has 1 N–H and O–H groups in total. The Morgan fingerprint density at radius 2 is 1.65 bits per heavy atom. The first-order chi connectivity index (χ1) is 7.98. The Balaban J connectivity index is 2.36. The van der Waals surface area contributed by atoms with Gasteiger partial charge in [-0.2, -0.15) is 13.2 Å². The maximum Gasteiger partial charge on any atom is 0.414 e. The van der Waals surface area contributed by atoms with Gasteiger partial charge in [-0.3, -0.25) is 0 Å². The predicted octanol–water partition coefficient (Wildman–Crippen LogP) is 3.31. The fourth-order valence-electron chi connectivity index (χ4n) is 1.79. The second-order valence-electron chi connectivity index (χ2n) is 3.90. The first kappa shape index (κ1) is 11.9. The molecule has 4 heteroatoms. The standard InChI is InChI=1S/C13H11F3O/c14-13(15,16)12(17)8-10-6-3-5-9-4-1-2-7-11(9)10/h1-7,12,17H,8H2. The molecule has 1 atom stereocenters. The molecule has 1 nitrogen and oxygen atoms in total. The Labute approximate surface area is 96.5 Å². The number of rotatable bonds is 2. The number of halogens is 3. The van der Waals surface area contributed by atoms with E-state index in [0.717, 1.165) is 10.8 Å². The molecular weight excluding hydrogens is 229 g/mol. The van der Waals surface area contributed by atoms with Crippen LogP contribution in [0.15, 0.2) is 42.5 Å². The minimum Gasteiger partial charge on any atom is -0.383 e. The van der Waals surface area contributed by atoms with Gasteiger partial charge >= 0.3 is 6.18 Å². The molecule has 0 spiro atoms. The zero-order chi connectivity index (χ0) is 12.5. The zero-order valence-electron chi connectivity index (χ0n) is 8.91. The highest BCUT2D eigenvalue weighted by atomic mass is 19.4. The fraction of sp³-hybridized carbons (Fsp3) is 0.231. The van der Waals surface area contributed by atoms with Gasteiger partial charge in [0.05, 0.1) is 0 Å². The van der Waals surface area contributed by atoms with E-state index in [9.17, 15) is 13.2 Å². The lowest BCUT2D eigenvalue weighted by atomic mass is 10.00. The largest absolute Gasteiger partial charge is 0.414 e. The summed E-state index contributed by atoms with van der Waals surface area (Å²) in [5, 5.41) is 10.7. The summed E-state index contributed by atoms with van der Waals surface area (Å²) >= 11 is 0. The minimum atomic E-state index is -4.57. The lowest BCUT2D eigenvalue weighted by Crippen LogP contribution is -2.30. The molecule has 0 radical (unpaired) electrons. The summed E-state index contributed by atoms with van der Waals surface area (Å²) < 4.78 is 36.9. The van der Waals surface area contributed by atoms with Crippen molar-refractivity contribution in [3.63, 3.8) is 0 Å². The Kier molecular flexibility index (Phi) is 3.07. The molecule has 0 saturated carbocycles. The van der Waals surface area contributed by atoms with E-state index in [1.807, 2.05) is 18.2 Å². The Morgan fingerprint density at radius 1 is 1.00 bits per heavy atom. The van der Waals surface area contributed by atoms with Crippen LogP contribution in [0.4, 0.5) is 13.2 Å². The molecule has 0 aliphatic rings. The van der Waals surface area contributed by atoms with Gasteiger partial charge in [0.1, 0.15) is 0 Å². The molecule has 0 aromatic heterocycles. The average molecular weight is 240 g/mol. The molecule has 0 bridgehead atoms. The Bertz CT molecular complexity index is 514. The molecule has 90 valence electrons. The van der Waals surface area contributed by atoms with Crippen molar-refractivity contribution in [3.05, 3.63) is 48.0 Å². The fourth-order valence-corrected chi connectivity index (χ4v) is 1.79. The van der Waals surface area contributed by atoms with Crippen molar-refractivity contribution >= 4 is 10.8 Å². The van der Waals surface area contributed by atoms with Crippen LogP contribution in [0.1, 0.15) is 5.56 Å². The maximum absolute atomic E-state index is 12.3. The van der Waals surface area contributed by atoms with Gasteiger partial charge in [0, 0.05) is 6.42 Å². The van der Waals surface area contributed by atoms with Crippen molar-refractivity contribution in [3.8, 4) is 0 Å². The molecule has 0 aliphatic carbocycles. The highest BCUT2D eigenvalue weighted by Crippen LogP contribution is 2.26. The van der Waals surface area contributed by atoms with Crippen LogP contribution in [0.2, 0.25) is 0 Å². The summed E-state index contributed by atoms with van der Waals surface area (Å²) in [6.07, 6.45) is -7.30. The quantitative estimate of drug-likeness (QED) is 0.853. The summed E-state index contributed by atoms with van der Waals surface area (Å²) in [4.78, 5) is 0. The van der Waals surface area contributed by atoms with E-state index in [1.54, 1.807) is 24.3 Å². The summed E-state index contributed by atoms with van der Waals surface area (Å²) in [7, 11) is 0. The van der Waals surface area contributed by atoms with Gasteiger partial charge < -0.3 is 5.11 Å². The van der Waals surface area contributed by atoms with Crippen LogP contribution >= 0.6 is 0 Å². The predicted molar refractivity (Wildman–Crippen MR) is 59.7 cm³/mol. The van der Waals surface area contributed by atoms with Crippen molar-refractivity contribution < 1.29 is 18.3 Å². The van der Waals surface area contributed by atoms with Crippen molar-refractivity contribution in [2.75, 3.05) is 0 Å². The van der Waals surface area contributed by atoms with Crippen molar-refractivity contribution in [2.24, 2.45) is 0 Å². The second-order valence-corrected chi connectivity index (χ2v) is 3.90. The summed E-state index contributed by atoms with van der Waals surface area (Å²) in [6.45, 7) is 0. The van der Waals surface area contributed by atoms with E-state index < -0.39 is 18.7 Å². The maximum atomic E-state index is 12.3. The third-order valence-electron chi connectivity index (χ3n) is 2.67. The molecule has 0 amide bonds. The molecular formula is C13H11F3O. The zero-order valence-corrected chi connectivity index (χ0v) is 8.91. The monoisotopic (exact) mass is 240 g/mol. The van der Waals surface area contributed by atoms with Crippen LogP contribution in [-0.2, 0) is 6.42 Å². The molecule has 0 heterocycles. The normalized spacial score (nSPS) is 13.9. The molecule has 0 aliphatic heterocycles. The third kappa shape index (κ3) is 2.58. The van der Waals surface area contributed by atoms with Gasteiger partial charge in [-0.05, 0) is 16.3 Å². The van der Waals surface area contributed by atoms with E-state index in [1.165, 1.54) is 0 Å². The van der Waals surface area contributed by atoms with Crippen LogP contribution in [-0.4, -0.2) is 17.4 Å². The minimum absolute atomic E-state index is 0.412. The first-order valence-electron chi connectivity index (χ1n) is 5.20. The smallest absolute Gasteiger partial charge is 0.383 e. The van der Waals surface area contributed by atoms with E-state index in [2.05, 4.69) is 0 Å². The van der Waals surface area contributed by atoms with E-state index in [4.69, 9.17) is 5.11 Å². The second kappa shape index (κ2) is 4.37. The highest BCUT2D eigenvalue weighted by Gasteiger charge is 2.38. The van der Waals surface area contributed by atoms with Crippen LogP contribution < -0.4 is 0 Å². The number of aliphatic hydroxyl groups excluding tert-OH is 1. The van der Waals surface area contributed by atoms with Crippen molar-refractivity contribution in [1.82, 2.24) is 0 Å². The van der Waals surface area contributed by atoms with Gasteiger partial charge in [0.2, 0.25) is 0 Å². The summed E-state index contributed by atoms with van der Waals surface area (Å²) in [5.74, 6) is 0. The molecule has 0 saturated heterocycles. The molecule has 0 fully saturated rings. The number of hydrogen-bond donors (Lipinski definition) is 1. The lowest BCUT2D eigenvalue weighted by Gasteiger charge is -2.15. The van der Waals surface area contributed by atoms with E-state index >= 15 is 0 Å². The summed E-state index contributed by atoms with van der Waals surface area (Å²) in [6, 6.07) is 12.3. The number of fused-ring (bicyclic) bond motifs is 1. The third-order valence-corrected chi connectivity index (χ3v) is 2.67. The van der Waals surface area contributed by atoms with Crippen LogP contribution in [0.25, 0.3) is 10.8 Å². The van der Waals surface area contributed by atoms with Crippen LogP contribution in [0.5, 0.6) is 0 Å². The van der Waals surface area contributed by atoms with E-state index in [-0.39, 0.29) is 0 Å². The average Bonchev–Trinajstić information content (AvgIpc) is 2.28. The molecule has 17 heavy (non-hydrogen) atoms. The lowest BCUT2D eigenvalue weighted by molar-refractivity contribution is -0.202. The van der Waals surface area contributed by atoms with Gasteiger partial charge in [-0.15, -0.1) is 0 Å². The first-order valence-corrected chi connectivity index (χ1v) is 5.20. The van der Waals surface area contributed by atoms with Gasteiger partial charge in [-0.1, -0.05) is 42.5 Å². The number of alkyl halides is 3. The molecule has 2 aromatic carbocycles. The highest BCUT2D eigenvalue weighted by molar-refractivity contribution is 5.85. The summed E-state index contributed by atoms with van der Waals surface area (Å²) in [5.41, 5.74) is 0.507. The molecule has 2 aromatic rings. The number of benzene rings is 2. The number of aliphatic hydroxyl groups is 1.